The number of amides is 3. The third-order valence-electron chi connectivity index (χ3n) is 4.82. The molecule has 3 aromatic carbocycles. The molecular formula is C23H17IN2O3. The summed E-state index contributed by atoms with van der Waals surface area (Å²) in [5.74, 6) is -1.28. The lowest BCUT2D eigenvalue weighted by Gasteiger charge is -2.25. The molecule has 0 fully saturated rings. The number of benzene rings is 3. The van der Waals surface area contributed by atoms with Gasteiger partial charge in [-0.3, -0.25) is 19.3 Å². The Kier molecular flexibility index (Phi) is 5.44. The van der Waals surface area contributed by atoms with Crippen molar-refractivity contribution in [3.05, 3.63) is 99.1 Å². The number of carbonyl (C=O) groups excluding carboxylic acids is 3. The topological polar surface area (TPSA) is 66.5 Å². The summed E-state index contributed by atoms with van der Waals surface area (Å²) in [6, 6.07) is 22.4. The number of anilines is 1. The second-order valence-electron chi connectivity index (χ2n) is 6.73. The Hall–Kier alpha value is -3.00. The van der Waals surface area contributed by atoms with Crippen LogP contribution in [0.2, 0.25) is 0 Å². The molecular weight excluding hydrogens is 479 g/mol. The van der Waals surface area contributed by atoms with Gasteiger partial charge >= 0.3 is 0 Å². The average Bonchev–Trinajstić information content (AvgIpc) is 2.99. The van der Waals surface area contributed by atoms with Gasteiger partial charge in [0.15, 0.2) is 0 Å². The van der Waals surface area contributed by atoms with Gasteiger partial charge in [-0.15, -0.1) is 0 Å². The second-order valence-corrected chi connectivity index (χ2v) is 7.97. The van der Waals surface area contributed by atoms with Crippen LogP contribution in [-0.4, -0.2) is 28.7 Å². The van der Waals surface area contributed by atoms with Gasteiger partial charge in [-0.25, -0.2) is 0 Å². The summed E-state index contributed by atoms with van der Waals surface area (Å²) >= 11 is 2.18. The van der Waals surface area contributed by atoms with E-state index in [1.165, 1.54) is 0 Å². The molecule has 1 N–H and O–H groups in total. The van der Waals surface area contributed by atoms with Gasteiger partial charge in [0.1, 0.15) is 6.04 Å². The molecule has 1 aliphatic heterocycles. The average molecular weight is 496 g/mol. The molecule has 6 heteroatoms. The van der Waals surface area contributed by atoms with Crippen molar-refractivity contribution in [3.63, 3.8) is 0 Å². The minimum Gasteiger partial charge on any atom is -0.324 e. The molecule has 0 saturated heterocycles. The van der Waals surface area contributed by atoms with Crippen molar-refractivity contribution in [1.29, 1.82) is 0 Å². The van der Waals surface area contributed by atoms with Crippen LogP contribution in [0.4, 0.5) is 5.69 Å². The van der Waals surface area contributed by atoms with Crippen molar-refractivity contribution < 1.29 is 14.4 Å². The number of halogens is 1. The van der Waals surface area contributed by atoms with Gasteiger partial charge in [0.05, 0.1) is 11.1 Å². The fourth-order valence-corrected chi connectivity index (χ4v) is 3.75. The normalized spacial score (nSPS) is 13.9. The summed E-state index contributed by atoms with van der Waals surface area (Å²) in [6.07, 6.45) is 0.239. The zero-order chi connectivity index (χ0) is 20.4. The van der Waals surface area contributed by atoms with Crippen LogP contribution in [-0.2, 0) is 11.2 Å². The monoisotopic (exact) mass is 496 g/mol. The van der Waals surface area contributed by atoms with Crippen LogP contribution in [0.3, 0.4) is 0 Å². The first-order chi connectivity index (χ1) is 14.0. The van der Waals surface area contributed by atoms with E-state index in [-0.39, 0.29) is 6.42 Å². The maximum absolute atomic E-state index is 13.2. The van der Waals surface area contributed by atoms with E-state index in [0.717, 1.165) is 14.0 Å². The first kappa shape index (κ1) is 19.3. The van der Waals surface area contributed by atoms with E-state index < -0.39 is 23.8 Å². The number of nitrogens with zero attached hydrogens (tertiary/aromatic N) is 1. The minimum absolute atomic E-state index is 0.239. The molecule has 0 saturated carbocycles. The Labute approximate surface area is 181 Å². The molecule has 0 radical (unpaired) electrons. The SMILES string of the molecule is O=C(Nc1ccc(I)cc1)C(Cc1ccccc1)N1C(=O)c2ccccc2C1=O. The van der Waals surface area contributed by atoms with Crippen LogP contribution in [0.15, 0.2) is 78.9 Å². The van der Waals surface area contributed by atoms with E-state index in [2.05, 4.69) is 27.9 Å². The molecule has 1 aliphatic rings. The standard InChI is InChI=1S/C23H17IN2O3/c24-16-10-12-17(13-11-16)25-21(27)20(14-15-6-2-1-3-7-15)26-22(28)18-8-4-5-9-19(18)23(26)29/h1-13,20H,14H2,(H,25,27). The van der Waals surface area contributed by atoms with Gasteiger partial charge in [0, 0.05) is 15.7 Å². The van der Waals surface area contributed by atoms with E-state index in [9.17, 15) is 14.4 Å². The summed E-state index contributed by atoms with van der Waals surface area (Å²) in [5.41, 5.74) is 2.15. The van der Waals surface area contributed by atoms with Crippen molar-refractivity contribution in [2.45, 2.75) is 12.5 Å². The predicted molar refractivity (Wildman–Crippen MR) is 119 cm³/mol. The highest BCUT2D eigenvalue weighted by atomic mass is 127. The lowest BCUT2D eigenvalue weighted by atomic mass is 10.0. The Bertz CT molecular complexity index is 1050. The van der Waals surface area contributed by atoms with Gasteiger partial charge < -0.3 is 5.32 Å². The molecule has 29 heavy (non-hydrogen) atoms. The highest BCUT2D eigenvalue weighted by Crippen LogP contribution is 2.26. The molecule has 0 spiro atoms. The Morgan fingerprint density at radius 3 is 1.97 bits per heavy atom. The molecule has 0 aliphatic carbocycles. The number of imide groups is 1. The molecule has 1 unspecified atom stereocenters. The maximum Gasteiger partial charge on any atom is 0.262 e. The largest absolute Gasteiger partial charge is 0.324 e. The molecule has 144 valence electrons. The summed E-state index contributed by atoms with van der Waals surface area (Å²) in [6.45, 7) is 0. The Morgan fingerprint density at radius 1 is 0.828 bits per heavy atom. The van der Waals surface area contributed by atoms with Crippen molar-refractivity contribution >= 4 is 46.0 Å². The number of nitrogens with one attached hydrogen (secondary N) is 1. The molecule has 5 nitrogen and oxygen atoms in total. The molecule has 1 atom stereocenters. The van der Waals surface area contributed by atoms with Gasteiger partial charge in [-0.05, 0) is 64.6 Å². The molecule has 0 aromatic heterocycles. The number of hydrogen-bond donors (Lipinski definition) is 1. The van der Waals surface area contributed by atoms with E-state index >= 15 is 0 Å². The van der Waals surface area contributed by atoms with Gasteiger partial charge in [-0.1, -0.05) is 42.5 Å². The zero-order valence-corrected chi connectivity index (χ0v) is 17.5. The summed E-state index contributed by atoms with van der Waals surface area (Å²) in [7, 11) is 0. The summed E-state index contributed by atoms with van der Waals surface area (Å²) in [4.78, 5) is 40.2. The number of carbonyl (C=O) groups is 3. The quantitative estimate of drug-likeness (QED) is 0.427. The number of hydrogen-bond acceptors (Lipinski definition) is 3. The third-order valence-corrected chi connectivity index (χ3v) is 5.54. The number of fused-ring (bicyclic) bond motifs is 1. The fraction of sp³-hybridized carbons (Fsp3) is 0.0870. The molecule has 4 rings (SSSR count). The maximum atomic E-state index is 13.2. The third kappa shape index (κ3) is 3.93. The number of rotatable bonds is 5. The first-order valence-electron chi connectivity index (χ1n) is 9.12. The van der Waals surface area contributed by atoms with Gasteiger partial charge in [-0.2, -0.15) is 0 Å². The van der Waals surface area contributed by atoms with Crippen molar-refractivity contribution in [1.82, 2.24) is 4.90 Å². The van der Waals surface area contributed by atoms with Crippen LogP contribution in [0.1, 0.15) is 26.3 Å². The van der Waals surface area contributed by atoms with Crippen LogP contribution in [0, 0.1) is 3.57 Å². The molecule has 3 amide bonds. The van der Waals surface area contributed by atoms with Crippen molar-refractivity contribution in [3.8, 4) is 0 Å². The highest BCUT2D eigenvalue weighted by molar-refractivity contribution is 14.1. The molecule has 3 aromatic rings. The Morgan fingerprint density at radius 2 is 1.38 bits per heavy atom. The van der Waals surface area contributed by atoms with E-state index in [0.29, 0.717) is 16.8 Å². The summed E-state index contributed by atoms with van der Waals surface area (Å²) in [5, 5.41) is 2.85. The zero-order valence-electron chi connectivity index (χ0n) is 15.3. The smallest absolute Gasteiger partial charge is 0.262 e. The highest BCUT2D eigenvalue weighted by Gasteiger charge is 2.42. The van der Waals surface area contributed by atoms with E-state index in [1.807, 2.05) is 42.5 Å². The van der Waals surface area contributed by atoms with E-state index in [1.54, 1.807) is 36.4 Å². The van der Waals surface area contributed by atoms with Crippen LogP contribution >= 0.6 is 22.6 Å². The predicted octanol–water partition coefficient (Wildman–Crippen LogP) is 4.14. The van der Waals surface area contributed by atoms with E-state index in [4.69, 9.17) is 0 Å². The fourth-order valence-electron chi connectivity index (χ4n) is 3.39. The van der Waals surface area contributed by atoms with Crippen molar-refractivity contribution in [2.75, 3.05) is 5.32 Å². The van der Waals surface area contributed by atoms with Crippen LogP contribution in [0.5, 0.6) is 0 Å². The Balaban J connectivity index is 1.67. The van der Waals surface area contributed by atoms with Gasteiger partial charge in [0.25, 0.3) is 11.8 Å². The van der Waals surface area contributed by atoms with Crippen LogP contribution < -0.4 is 5.32 Å². The lowest BCUT2D eigenvalue weighted by Crippen LogP contribution is -2.48. The molecule has 0 bridgehead atoms. The summed E-state index contributed by atoms with van der Waals surface area (Å²) < 4.78 is 1.04. The first-order valence-corrected chi connectivity index (χ1v) is 10.2. The lowest BCUT2D eigenvalue weighted by molar-refractivity contribution is -0.119. The minimum atomic E-state index is -0.955. The van der Waals surface area contributed by atoms with Crippen molar-refractivity contribution in [2.24, 2.45) is 0 Å². The van der Waals surface area contributed by atoms with Gasteiger partial charge in [0.2, 0.25) is 5.91 Å². The molecule has 1 heterocycles. The van der Waals surface area contributed by atoms with Crippen LogP contribution in [0.25, 0.3) is 0 Å². The second kappa shape index (κ2) is 8.16.